The molecule has 0 saturated heterocycles. The van der Waals surface area contributed by atoms with Crippen LogP contribution in [0.1, 0.15) is 42.5 Å². The van der Waals surface area contributed by atoms with E-state index in [9.17, 15) is 9.18 Å². The highest BCUT2D eigenvalue weighted by atomic mass is 19.1. The van der Waals surface area contributed by atoms with E-state index in [1.54, 1.807) is 0 Å². The zero-order chi connectivity index (χ0) is 12.3. The van der Waals surface area contributed by atoms with Gasteiger partial charge in [-0.25, -0.2) is 4.39 Å². The normalized spacial score (nSPS) is 25.3. The van der Waals surface area contributed by atoms with Gasteiger partial charge in [-0.3, -0.25) is 9.78 Å². The van der Waals surface area contributed by atoms with Gasteiger partial charge >= 0.3 is 0 Å². The number of Topliss-reactive ketones (excluding diaryl/α,β-unsaturated/α-hetero) is 1. The second kappa shape index (κ2) is 5.36. The van der Waals surface area contributed by atoms with Crippen LogP contribution < -0.4 is 5.73 Å². The van der Waals surface area contributed by atoms with Gasteiger partial charge in [0, 0.05) is 18.2 Å². The molecule has 2 rings (SSSR count). The molecule has 1 aromatic rings. The molecule has 2 atom stereocenters. The highest BCUT2D eigenvalue weighted by Gasteiger charge is 2.29. The van der Waals surface area contributed by atoms with Crippen molar-refractivity contribution in [2.45, 2.75) is 38.1 Å². The molecule has 1 saturated carbocycles. The summed E-state index contributed by atoms with van der Waals surface area (Å²) in [5, 5.41) is 0. The Morgan fingerprint density at radius 3 is 2.88 bits per heavy atom. The van der Waals surface area contributed by atoms with Crippen LogP contribution in [-0.4, -0.2) is 16.8 Å². The first-order valence-electron chi connectivity index (χ1n) is 6.09. The fraction of sp³-hybridized carbons (Fsp3) is 0.538. The van der Waals surface area contributed by atoms with E-state index in [1.165, 1.54) is 12.3 Å². The van der Waals surface area contributed by atoms with Crippen LogP contribution in [-0.2, 0) is 0 Å². The van der Waals surface area contributed by atoms with Crippen LogP contribution in [0, 0.1) is 11.7 Å². The van der Waals surface area contributed by atoms with Crippen LogP contribution in [0.2, 0.25) is 0 Å². The lowest BCUT2D eigenvalue weighted by molar-refractivity contribution is 0.0890. The number of halogens is 1. The molecule has 1 fully saturated rings. The molecule has 3 nitrogen and oxygen atoms in total. The Bertz CT molecular complexity index is 408. The van der Waals surface area contributed by atoms with Crippen molar-refractivity contribution >= 4 is 5.78 Å². The molecule has 0 radical (unpaired) electrons. The Morgan fingerprint density at radius 1 is 1.35 bits per heavy atom. The van der Waals surface area contributed by atoms with Gasteiger partial charge in [0.2, 0.25) is 0 Å². The van der Waals surface area contributed by atoms with Crippen LogP contribution in [0.15, 0.2) is 18.5 Å². The van der Waals surface area contributed by atoms with Gasteiger partial charge < -0.3 is 5.73 Å². The Kier molecular flexibility index (Phi) is 3.84. The van der Waals surface area contributed by atoms with E-state index >= 15 is 0 Å². The van der Waals surface area contributed by atoms with Gasteiger partial charge in [0.25, 0.3) is 0 Å². The SMILES string of the molecule is NC1CCCCCC1C(=O)c1ccncc1F. The Labute approximate surface area is 100 Å². The van der Waals surface area contributed by atoms with E-state index in [1.807, 2.05) is 0 Å². The van der Waals surface area contributed by atoms with Crippen molar-refractivity contribution in [1.82, 2.24) is 4.98 Å². The molecule has 2 unspecified atom stereocenters. The molecule has 0 aliphatic heterocycles. The summed E-state index contributed by atoms with van der Waals surface area (Å²) in [5.41, 5.74) is 6.14. The monoisotopic (exact) mass is 236 g/mol. The molecule has 1 aliphatic rings. The summed E-state index contributed by atoms with van der Waals surface area (Å²) in [6.45, 7) is 0. The minimum atomic E-state index is -0.547. The first-order valence-corrected chi connectivity index (χ1v) is 6.09. The van der Waals surface area contributed by atoms with E-state index in [2.05, 4.69) is 4.98 Å². The number of hydrogen-bond donors (Lipinski definition) is 1. The van der Waals surface area contributed by atoms with Crippen molar-refractivity contribution in [3.8, 4) is 0 Å². The molecule has 17 heavy (non-hydrogen) atoms. The lowest BCUT2D eigenvalue weighted by Gasteiger charge is -2.20. The number of hydrogen-bond acceptors (Lipinski definition) is 3. The van der Waals surface area contributed by atoms with Crippen molar-refractivity contribution < 1.29 is 9.18 Å². The van der Waals surface area contributed by atoms with Crippen molar-refractivity contribution in [3.63, 3.8) is 0 Å². The lowest BCUT2D eigenvalue weighted by atomic mass is 9.88. The fourth-order valence-corrected chi connectivity index (χ4v) is 2.44. The molecule has 0 bridgehead atoms. The maximum Gasteiger partial charge on any atom is 0.170 e. The third kappa shape index (κ3) is 2.69. The van der Waals surface area contributed by atoms with Gasteiger partial charge in [-0.05, 0) is 18.9 Å². The predicted octanol–water partition coefficient (Wildman–Crippen LogP) is 2.31. The molecule has 0 aromatic carbocycles. The fourth-order valence-electron chi connectivity index (χ4n) is 2.44. The van der Waals surface area contributed by atoms with Crippen LogP contribution in [0.3, 0.4) is 0 Å². The predicted molar refractivity (Wildman–Crippen MR) is 63.1 cm³/mol. The summed E-state index contributed by atoms with van der Waals surface area (Å²) < 4.78 is 13.5. The number of aromatic nitrogens is 1. The van der Waals surface area contributed by atoms with Gasteiger partial charge in [-0.15, -0.1) is 0 Å². The van der Waals surface area contributed by atoms with Gasteiger partial charge in [0.05, 0.1) is 11.8 Å². The average Bonchev–Trinajstić information content (AvgIpc) is 2.54. The largest absolute Gasteiger partial charge is 0.327 e. The number of carbonyl (C=O) groups excluding carboxylic acids is 1. The number of ketones is 1. The molecule has 0 spiro atoms. The standard InChI is InChI=1S/C13H17FN2O/c14-11-8-16-7-6-9(11)13(17)10-4-2-1-3-5-12(10)15/h6-8,10,12H,1-5,15H2. The van der Waals surface area contributed by atoms with E-state index < -0.39 is 5.82 Å². The molecule has 0 amide bonds. The Hall–Kier alpha value is -1.29. The zero-order valence-electron chi connectivity index (χ0n) is 9.73. The summed E-state index contributed by atoms with van der Waals surface area (Å²) in [7, 11) is 0. The minimum Gasteiger partial charge on any atom is -0.327 e. The molecule has 2 N–H and O–H groups in total. The molecule has 4 heteroatoms. The Balaban J connectivity index is 2.21. The second-order valence-electron chi connectivity index (χ2n) is 4.63. The lowest BCUT2D eigenvalue weighted by Crippen LogP contribution is -2.35. The minimum absolute atomic E-state index is 0.127. The molecular weight excluding hydrogens is 219 g/mol. The summed E-state index contributed by atoms with van der Waals surface area (Å²) in [5.74, 6) is -0.956. The van der Waals surface area contributed by atoms with Crippen molar-refractivity contribution in [2.75, 3.05) is 0 Å². The van der Waals surface area contributed by atoms with Crippen LogP contribution in [0.4, 0.5) is 4.39 Å². The van der Waals surface area contributed by atoms with E-state index in [-0.39, 0.29) is 23.3 Å². The molecule has 92 valence electrons. The molecule has 1 aliphatic carbocycles. The molecule has 1 aromatic heterocycles. The summed E-state index contributed by atoms with van der Waals surface area (Å²) >= 11 is 0. The highest BCUT2D eigenvalue weighted by Crippen LogP contribution is 2.26. The summed E-state index contributed by atoms with van der Waals surface area (Å²) in [6.07, 6.45) is 7.30. The van der Waals surface area contributed by atoms with Crippen molar-refractivity contribution in [1.29, 1.82) is 0 Å². The van der Waals surface area contributed by atoms with Crippen molar-refractivity contribution in [2.24, 2.45) is 11.7 Å². The Morgan fingerprint density at radius 2 is 2.12 bits per heavy atom. The maximum atomic E-state index is 13.5. The number of rotatable bonds is 2. The van der Waals surface area contributed by atoms with Gasteiger partial charge in [0.1, 0.15) is 0 Å². The van der Waals surface area contributed by atoms with Crippen LogP contribution >= 0.6 is 0 Å². The second-order valence-corrected chi connectivity index (χ2v) is 4.63. The first-order chi connectivity index (χ1) is 8.20. The van der Waals surface area contributed by atoms with Gasteiger partial charge in [-0.1, -0.05) is 19.3 Å². The number of pyridine rings is 1. The zero-order valence-corrected chi connectivity index (χ0v) is 9.73. The molecule has 1 heterocycles. The highest BCUT2D eigenvalue weighted by molar-refractivity contribution is 5.98. The smallest absolute Gasteiger partial charge is 0.170 e. The van der Waals surface area contributed by atoms with Crippen LogP contribution in [0.5, 0.6) is 0 Å². The summed E-state index contributed by atoms with van der Waals surface area (Å²) in [4.78, 5) is 15.9. The third-order valence-corrected chi connectivity index (χ3v) is 3.44. The van der Waals surface area contributed by atoms with E-state index in [0.29, 0.717) is 0 Å². The van der Waals surface area contributed by atoms with E-state index in [4.69, 9.17) is 5.73 Å². The van der Waals surface area contributed by atoms with Crippen molar-refractivity contribution in [3.05, 3.63) is 29.8 Å². The maximum absolute atomic E-state index is 13.5. The topological polar surface area (TPSA) is 56.0 Å². The first kappa shape index (κ1) is 12.2. The van der Waals surface area contributed by atoms with Gasteiger partial charge in [0.15, 0.2) is 11.6 Å². The van der Waals surface area contributed by atoms with Crippen LogP contribution in [0.25, 0.3) is 0 Å². The average molecular weight is 236 g/mol. The number of carbonyl (C=O) groups is 1. The quantitative estimate of drug-likeness (QED) is 0.633. The number of nitrogens with zero attached hydrogens (tertiary/aromatic N) is 1. The molecular formula is C13H17FN2O. The third-order valence-electron chi connectivity index (χ3n) is 3.44. The van der Waals surface area contributed by atoms with E-state index in [0.717, 1.165) is 38.3 Å². The van der Waals surface area contributed by atoms with Gasteiger partial charge in [-0.2, -0.15) is 0 Å². The summed E-state index contributed by atoms with van der Waals surface area (Å²) in [6, 6.07) is 1.30. The number of nitrogens with two attached hydrogens (primary N) is 1.